The summed E-state index contributed by atoms with van der Waals surface area (Å²) < 4.78 is 0. The van der Waals surface area contributed by atoms with Crippen LogP contribution in [0.5, 0.6) is 0 Å². The van der Waals surface area contributed by atoms with Crippen LogP contribution in [0.4, 0.5) is 0 Å². The highest BCUT2D eigenvalue weighted by atomic mass is 16.1. The number of nitrogens with one attached hydrogen (secondary N) is 1. The van der Waals surface area contributed by atoms with Crippen LogP contribution >= 0.6 is 0 Å². The average molecular weight is 180 g/mol. The van der Waals surface area contributed by atoms with E-state index in [0.29, 0.717) is 12.2 Å². The van der Waals surface area contributed by atoms with Crippen molar-refractivity contribution in [3.05, 3.63) is 24.6 Å². The fourth-order valence-corrected chi connectivity index (χ4v) is 0.788. The van der Waals surface area contributed by atoms with Gasteiger partial charge in [-0.3, -0.25) is 4.79 Å². The fourth-order valence-electron chi connectivity index (χ4n) is 0.788. The van der Waals surface area contributed by atoms with Crippen LogP contribution in [-0.2, 0) is 4.79 Å². The highest BCUT2D eigenvalue weighted by molar-refractivity contribution is 5.77. The topological polar surface area (TPSA) is 41.5 Å². The van der Waals surface area contributed by atoms with Crippen LogP contribution in [0.25, 0.3) is 0 Å². The Morgan fingerprint density at radius 1 is 1.62 bits per heavy atom. The second-order valence-electron chi connectivity index (χ2n) is 2.60. The van der Waals surface area contributed by atoms with Crippen molar-refractivity contribution in [2.45, 2.75) is 26.2 Å². The SMILES string of the molecule is C=C/C=C(\N=C)NC(=O)CCCC. The lowest BCUT2D eigenvalue weighted by molar-refractivity contribution is -0.120. The van der Waals surface area contributed by atoms with Gasteiger partial charge in [0.2, 0.25) is 5.91 Å². The van der Waals surface area contributed by atoms with Gasteiger partial charge in [0.1, 0.15) is 5.82 Å². The minimum Gasteiger partial charge on any atom is -0.311 e. The van der Waals surface area contributed by atoms with Gasteiger partial charge in [-0.05, 0) is 19.2 Å². The van der Waals surface area contributed by atoms with Crippen molar-refractivity contribution in [2.24, 2.45) is 4.99 Å². The average Bonchev–Trinajstić information content (AvgIpc) is 2.14. The molecule has 0 atom stereocenters. The molecule has 0 unspecified atom stereocenters. The van der Waals surface area contributed by atoms with Gasteiger partial charge in [-0.2, -0.15) is 0 Å². The number of carbonyl (C=O) groups is 1. The molecule has 0 aromatic carbocycles. The predicted molar refractivity (Wildman–Crippen MR) is 55.5 cm³/mol. The lowest BCUT2D eigenvalue weighted by Gasteiger charge is -2.02. The lowest BCUT2D eigenvalue weighted by atomic mass is 10.2. The minimum absolute atomic E-state index is 0.0256. The Bertz CT molecular complexity index is 219. The monoisotopic (exact) mass is 180 g/mol. The van der Waals surface area contributed by atoms with E-state index in [1.807, 2.05) is 6.92 Å². The van der Waals surface area contributed by atoms with E-state index in [0.717, 1.165) is 12.8 Å². The van der Waals surface area contributed by atoms with Gasteiger partial charge in [0, 0.05) is 6.42 Å². The van der Waals surface area contributed by atoms with Gasteiger partial charge in [0.05, 0.1) is 0 Å². The van der Waals surface area contributed by atoms with E-state index in [1.54, 1.807) is 12.2 Å². The van der Waals surface area contributed by atoms with Crippen LogP contribution in [0.3, 0.4) is 0 Å². The van der Waals surface area contributed by atoms with Crippen molar-refractivity contribution in [1.82, 2.24) is 5.32 Å². The zero-order chi connectivity index (χ0) is 10.1. The third-order valence-electron chi connectivity index (χ3n) is 1.47. The Kier molecular flexibility index (Phi) is 6.51. The molecular formula is C10H16N2O. The largest absolute Gasteiger partial charge is 0.311 e. The van der Waals surface area contributed by atoms with Crippen molar-refractivity contribution in [1.29, 1.82) is 0 Å². The summed E-state index contributed by atoms with van der Waals surface area (Å²) in [5.74, 6) is 0.429. The van der Waals surface area contributed by atoms with E-state index in [-0.39, 0.29) is 5.91 Å². The molecule has 0 saturated carbocycles. The summed E-state index contributed by atoms with van der Waals surface area (Å²) in [6, 6.07) is 0. The molecule has 13 heavy (non-hydrogen) atoms. The van der Waals surface area contributed by atoms with Gasteiger partial charge >= 0.3 is 0 Å². The molecule has 72 valence electrons. The Balaban J connectivity index is 3.94. The van der Waals surface area contributed by atoms with E-state index < -0.39 is 0 Å². The summed E-state index contributed by atoms with van der Waals surface area (Å²) in [6.07, 6.45) is 5.60. The van der Waals surface area contributed by atoms with E-state index in [1.165, 1.54) is 0 Å². The first-order valence-corrected chi connectivity index (χ1v) is 4.33. The van der Waals surface area contributed by atoms with Crippen LogP contribution < -0.4 is 5.32 Å². The normalized spacial score (nSPS) is 10.7. The number of hydrogen-bond acceptors (Lipinski definition) is 2. The van der Waals surface area contributed by atoms with Gasteiger partial charge in [-0.15, -0.1) is 0 Å². The van der Waals surface area contributed by atoms with Gasteiger partial charge < -0.3 is 5.32 Å². The number of hydrogen-bond donors (Lipinski definition) is 1. The zero-order valence-corrected chi connectivity index (χ0v) is 8.05. The summed E-state index contributed by atoms with van der Waals surface area (Å²) in [5, 5.41) is 2.62. The molecule has 0 aromatic rings. The van der Waals surface area contributed by atoms with E-state index in [2.05, 4.69) is 23.6 Å². The molecule has 0 heterocycles. The van der Waals surface area contributed by atoms with Gasteiger partial charge in [0.15, 0.2) is 0 Å². The van der Waals surface area contributed by atoms with Crippen LogP contribution in [0.15, 0.2) is 29.5 Å². The molecule has 0 spiro atoms. The first kappa shape index (κ1) is 11.6. The predicted octanol–water partition coefficient (Wildman–Crippen LogP) is 2.02. The molecule has 0 rings (SSSR count). The smallest absolute Gasteiger partial charge is 0.225 e. The third kappa shape index (κ3) is 5.84. The number of unbranched alkanes of at least 4 members (excludes halogenated alkanes) is 1. The Hall–Kier alpha value is -1.38. The quantitative estimate of drug-likeness (QED) is 0.493. The highest BCUT2D eigenvalue weighted by Gasteiger charge is 2.00. The minimum atomic E-state index is -0.0256. The maximum absolute atomic E-state index is 11.2. The molecule has 0 bridgehead atoms. The van der Waals surface area contributed by atoms with Crippen molar-refractivity contribution in [3.8, 4) is 0 Å². The molecule has 3 heteroatoms. The molecule has 0 aliphatic carbocycles. The van der Waals surface area contributed by atoms with E-state index >= 15 is 0 Å². The van der Waals surface area contributed by atoms with E-state index in [4.69, 9.17) is 0 Å². The second-order valence-corrected chi connectivity index (χ2v) is 2.60. The van der Waals surface area contributed by atoms with Crippen LogP contribution in [-0.4, -0.2) is 12.6 Å². The van der Waals surface area contributed by atoms with Gasteiger partial charge in [-0.25, -0.2) is 4.99 Å². The number of rotatable bonds is 6. The summed E-state index contributed by atoms with van der Waals surface area (Å²) in [6.45, 7) is 8.88. The number of allylic oxidation sites excluding steroid dienone is 2. The fraction of sp³-hybridized carbons (Fsp3) is 0.400. The van der Waals surface area contributed by atoms with Gasteiger partial charge in [0.25, 0.3) is 0 Å². The summed E-state index contributed by atoms with van der Waals surface area (Å²) in [5.41, 5.74) is 0. The molecule has 0 saturated heterocycles. The van der Waals surface area contributed by atoms with E-state index in [9.17, 15) is 4.79 Å². The maximum Gasteiger partial charge on any atom is 0.225 e. The number of aliphatic imine (C=N–C) groups is 1. The second kappa shape index (κ2) is 7.28. The number of carbonyl (C=O) groups excluding carboxylic acids is 1. The van der Waals surface area contributed by atoms with Crippen molar-refractivity contribution in [3.63, 3.8) is 0 Å². The standard InChI is InChI=1S/C10H16N2O/c1-4-6-8-10(13)12-9(11-3)7-5-2/h5,7H,2-4,6,8H2,1H3,(H,12,13)/b9-7+. The summed E-state index contributed by atoms with van der Waals surface area (Å²) >= 11 is 0. The first-order valence-electron chi connectivity index (χ1n) is 4.33. The molecule has 1 amide bonds. The van der Waals surface area contributed by atoms with Gasteiger partial charge in [-0.1, -0.05) is 26.0 Å². The highest BCUT2D eigenvalue weighted by Crippen LogP contribution is 1.96. The van der Waals surface area contributed by atoms with Crippen LogP contribution in [0, 0.1) is 0 Å². The number of amides is 1. The molecule has 0 aliphatic rings. The Labute approximate surface area is 79.3 Å². The Morgan fingerprint density at radius 3 is 2.77 bits per heavy atom. The zero-order valence-electron chi connectivity index (χ0n) is 8.05. The maximum atomic E-state index is 11.2. The molecular weight excluding hydrogens is 164 g/mol. The third-order valence-corrected chi connectivity index (χ3v) is 1.47. The van der Waals surface area contributed by atoms with Crippen molar-refractivity contribution < 1.29 is 4.79 Å². The van der Waals surface area contributed by atoms with Crippen molar-refractivity contribution in [2.75, 3.05) is 0 Å². The molecule has 0 radical (unpaired) electrons. The Morgan fingerprint density at radius 2 is 2.31 bits per heavy atom. The molecule has 3 nitrogen and oxygen atoms in total. The lowest BCUT2D eigenvalue weighted by Crippen LogP contribution is -2.21. The first-order chi connectivity index (χ1) is 6.24. The van der Waals surface area contributed by atoms with Crippen LogP contribution in [0.2, 0.25) is 0 Å². The number of nitrogens with zero attached hydrogens (tertiary/aromatic N) is 1. The molecule has 0 fully saturated rings. The molecule has 1 N–H and O–H groups in total. The summed E-state index contributed by atoms with van der Waals surface area (Å²) in [4.78, 5) is 14.8. The summed E-state index contributed by atoms with van der Waals surface area (Å²) in [7, 11) is 0. The van der Waals surface area contributed by atoms with Crippen molar-refractivity contribution >= 4 is 12.6 Å². The molecule has 0 aromatic heterocycles. The molecule has 0 aliphatic heterocycles. The van der Waals surface area contributed by atoms with Crippen LogP contribution in [0.1, 0.15) is 26.2 Å².